The van der Waals surface area contributed by atoms with E-state index in [1.54, 1.807) is 11.6 Å². The molecule has 110 valence electrons. The lowest BCUT2D eigenvalue weighted by atomic mass is 9.95. The summed E-state index contributed by atoms with van der Waals surface area (Å²) in [5.41, 5.74) is 1.46. The first-order valence-electron chi connectivity index (χ1n) is 6.79. The quantitative estimate of drug-likeness (QED) is 0.840. The summed E-state index contributed by atoms with van der Waals surface area (Å²) in [6, 6.07) is 0. The van der Waals surface area contributed by atoms with E-state index in [-0.39, 0.29) is 18.2 Å². The Morgan fingerprint density at radius 3 is 2.45 bits per heavy atom. The van der Waals surface area contributed by atoms with E-state index in [2.05, 4.69) is 10.4 Å². The van der Waals surface area contributed by atoms with Crippen LogP contribution in [0.3, 0.4) is 0 Å². The lowest BCUT2D eigenvalue weighted by Crippen LogP contribution is -2.54. The summed E-state index contributed by atoms with van der Waals surface area (Å²) in [5, 5.41) is 16.3. The Kier molecular flexibility index (Phi) is 3.58. The lowest BCUT2D eigenvalue weighted by molar-refractivity contribution is -0.147. The van der Waals surface area contributed by atoms with Gasteiger partial charge in [-0.15, -0.1) is 0 Å². The molecule has 1 aromatic rings. The molecule has 1 heterocycles. The van der Waals surface area contributed by atoms with Crippen molar-refractivity contribution in [3.63, 3.8) is 0 Å². The summed E-state index contributed by atoms with van der Waals surface area (Å²) in [6.07, 6.45) is 1.88. The normalized spacial score (nSPS) is 17.6. The molecule has 1 aliphatic carbocycles. The average molecular weight is 279 g/mol. The topological polar surface area (TPSA) is 84.2 Å². The first-order chi connectivity index (χ1) is 9.25. The van der Waals surface area contributed by atoms with Crippen molar-refractivity contribution in [2.24, 2.45) is 13.0 Å². The van der Waals surface area contributed by atoms with Crippen molar-refractivity contribution in [2.75, 3.05) is 0 Å². The van der Waals surface area contributed by atoms with E-state index in [4.69, 9.17) is 0 Å². The van der Waals surface area contributed by atoms with Gasteiger partial charge in [0.15, 0.2) is 0 Å². The fraction of sp³-hybridized carbons (Fsp3) is 0.643. The summed E-state index contributed by atoms with van der Waals surface area (Å²) in [6.45, 7) is 5.35. The van der Waals surface area contributed by atoms with Gasteiger partial charge in [0, 0.05) is 18.3 Å². The molecule has 1 saturated carbocycles. The highest BCUT2D eigenvalue weighted by Crippen LogP contribution is 2.39. The van der Waals surface area contributed by atoms with Gasteiger partial charge in [0.25, 0.3) is 0 Å². The number of amides is 1. The Morgan fingerprint density at radius 2 is 2.05 bits per heavy atom. The number of carboxylic acid groups (broad SMARTS) is 1. The number of carbonyl (C=O) groups is 2. The summed E-state index contributed by atoms with van der Waals surface area (Å²) in [4.78, 5) is 23.6. The first-order valence-corrected chi connectivity index (χ1v) is 6.79. The molecule has 0 bridgehead atoms. The monoisotopic (exact) mass is 279 g/mol. The van der Waals surface area contributed by atoms with E-state index in [9.17, 15) is 14.7 Å². The molecule has 0 radical (unpaired) electrons. The number of aromatic nitrogens is 2. The van der Waals surface area contributed by atoms with Crippen molar-refractivity contribution in [1.29, 1.82) is 0 Å². The van der Waals surface area contributed by atoms with Crippen molar-refractivity contribution >= 4 is 11.9 Å². The van der Waals surface area contributed by atoms with E-state index in [0.717, 1.165) is 29.8 Å². The van der Waals surface area contributed by atoms with Gasteiger partial charge >= 0.3 is 5.97 Å². The number of rotatable bonds is 5. The number of nitrogens with one attached hydrogen (secondary N) is 1. The third-order valence-corrected chi connectivity index (χ3v) is 4.23. The minimum Gasteiger partial charge on any atom is -0.480 e. The average Bonchev–Trinajstić information content (AvgIpc) is 3.15. The maximum atomic E-state index is 12.2. The van der Waals surface area contributed by atoms with Crippen molar-refractivity contribution in [1.82, 2.24) is 15.1 Å². The van der Waals surface area contributed by atoms with Gasteiger partial charge in [-0.25, -0.2) is 4.79 Å². The highest BCUT2D eigenvalue weighted by molar-refractivity contribution is 5.88. The predicted octanol–water partition coefficient (Wildman–Crippen LogP) is 0.949. The maximum Gasteiger partial charge on any atom is 0.329 e. The maximum absolute atomic E-state index is 12.2. The van der Waals surface area contributed by atoms with Crippen LogP contribution in [0, 0.1) is 19.8 Å². The van der Waals surface area contributed by atoms with E-state index < -0.39 is 11.5 Å². The van der Waals surface area contributed by atoms with Crippen LogP contribution in [0.1, 0.15) is 36.7 Å². The smallest absolute Gasteiger partial charge is 0.329 e. The number of carboxylic acids is 1. The zero-order valence-corrected chi connectivity index (χ0v) is 12.4. The summed E-state index contributed by atoms with van der Waals surface area (Å²) in [7, 11) is 1.83. The zero-order valence-electron chi connectivity index (χ0n) is 12.4. The second kappa shape index (κ2) is 4.92. The van der Waals surface area contributed by atoms with Gasteiger partial charge in [-0.1, -0.05) is 0 Å². The van der Waals surface area contributed by atoms with Crippen LogP contribution in [0.5, 0.6) is 0 Å². The molecule has 0 aromatic carbocycles. The molecule has 1 amide bonds. The van der Waals surface area contributed by atoms with Gasteiger partial charge in [0.2, 0.25) is 5.91 Å². The molecule has 1 fully saturated rings. The second-order valence-electron chi connectivity index (χ2n) is 5.78. The van der Waals surface area contributed by atoms with Crippen LogP contribution in [-0.4, -0.2) is 32.3 Å². The molecule has 0 saturated heterocycles. The Hall–Kier alpha value is -1.85. The standard InChI is InChI=1S/C14H21N3O3/c1-8-11(9(2)17(4)16-8)7-12(18)15-14(3,13(19)20)10-5-6-10/h10H,5-7H2,1-4H3,(H,15,18)(H,19,20)/t14-/m0/s1. The molecular weight excluding hydrogens is 258 g/mol. The number of nitrogens with zero attached hydrogens (tertiary/aromatic N) is 2. The molecule has 1 aromatic heterocycles. The molecule has 6 nitrogen and oxygen atoms in total. The Morgan fingerprint density at radius 1 is 1.45 bits per heavy atom. The molecule has 2 rings (SSSR count). The van der Waals surface area contributed by atoms with Gasteiger partial charge < -0.3 is 10.4 Å². The SMILES string of the molecule is Cc1nn(C)c(C)c1CC(=O)N[C@](C)(C(=O)O)C1CC1. The lowest BCUT2D eigenvalue weighted by Gasteiger charge is -2.26. The predicted molar refractivity (Wildman–Crippen MR) is 73.3 cm³/mol. The van der Waals surface area contributed by atoms with Crippen LogP contribution in [0.15, 0.2) is 0 Å². The van der Waals surface area contributed by atoms with Crippen molar-refractivity contribution in [3.05, 3.63) is 17.0 Å². The zero-order chi connectivity index (χ0) is 15.1. The second-order valence-corrected chi connectivity index (χ2v) is 5.78. The largest absolute Gasteiger partial charge is 0.480 e. The van der Waals surface area contributed by atoms with Crippen LogP contribution in [0.25, 0.3) is 0 Å². The minimum absolute atomic E-state index is 0.0417. The Bertz CT molecular complexity index is 560. The van der Waals surface area contributed by atoms with Crippen molar-refractivity contribution < 1.29 is 14.7 Å². The van der Waals surface area contributed by atoms with Crippen molar-refractivity contribution in [2.45, 2.75) is 45.6 Å². The van der Waals surface area contributed by atoms with E-state index in [1.807, 2.05) is 20.9 Å². The van der Waals surface area contributed by atoms with Crippen LogP contribution in [-0.2, 0) is 23.1 Å². The fourth-order valence-electron chi connectivity index (χ4n) is 2.56. The summed E-state index contributed by atoms with van der Waals surface area (Å²) in [5.74, 6) is -1.19. The van der Waals surface area contributed by atoms with Gasteiger partial charge in [-0.2, -0.15) is 5.10 Å². The van der Waals surface area contributed by atoms with E-state index >= 15 is 0 Å². The highest BCUT2D eigenvalue weighted by atomic mass is 16.4. The minimum atomic E-state index is -1.15. The van der Waals surface area contributed by atoms with Crippen molar-refractivity contribution in [3.8, 4) is 0 Å². The van der Waals surface area contributed by atoms with Gasteiger partial charge in [-0.05, 0) is 39.5 Å². The molecule has 0 unspecified atom stereocenters. The Balaban J connectivity index is 2.10. The number of aryl methyl sites for hydroxylation is 2. The number of hydrogen-bond acceptors (Lipinski definition) is 3. The van der Waals surface area contributed by atoms with Gasteiger partial charge in [0.1, 0.15) is 5.54 Å². The molecule has 20 heavy (non-hydrogen) atoms. The Labute approximate surface area is 118 Å². The van der Waals surface area contributed by atoms with Gasteiger partial charge in [-0.3, -0.25) is 9.48 Å². The van der Waals surface area contributed by atoms with Crippen LogP contribution in [0.2, 0.25) is 0 Å². The van der Waals surface area contributed by atoms with Gasteiger partial charge in [0.05, 0.1) is 12.1 Å². The molecule has 1 atom stereocenters. The van der Waals surface area contributed by atoms with E-state index in [0.29, 0.717) is 0 Å². The first kappa shape index (κ1) is 14.6. The molecule has 0 spiro atoms. The highest BCUT2D eigenvalue weighted by Gasteiger charge is 2.48. The number of hydrogen-bond donors (Lipinski definition) is 2. The molecule has 1 aliphatic rings. The third kappa shape index (κ3) is 2.55. The third-order valence-electron chi connectivity index (χ3n) is 4.23. The molecular formula is C14H21N3O3. The summed E-state index contributed by atoms with van der Waals surface area (Å²) < 4.78 is 1.73. The molecule has 2 N–H and O–H groups in total. The molecule has 6 heteroatoms. The molecule has 0 aliphatic heterocycles. The fourth-order valence-corrected chi connectivity index (χ4v) is 2.56. The number of aliphatic carboxylic acids is 1. The van der Waals surface area contributed by atoms with Crippen LogP contribution in [0.4, 0.5) is 0 Å². The number of carbonyl (C=O) groups excluding carboxylic acids is 1. The van der Waals surface area contributed by atoms with E-state index in [1.165, 1.54) is 0 Å². The summed E-state index contributed by atoms with van der Waals surface area (Å²) >= 11 is 0. The van der Waals surface area contributed by atoms with Crippen LogP contribution < -0.4 is 5.32 Å². The van der Waals surface area contributed by atoms with Crippen LogP contribution >= 0.6 is 0 Å².